The fourth-order valence-corrected chi connectivity index (χ4v) is 3.85. The van der Waals surface area contributed by atoms with Crippen molar-refractivity contribution in [2.75, 3.05) is 19.0 Å². The van der Waals surface area contributed by atoms with Crippen LogP contribution in [0.2, 0.25) is 5.02 Å². The highest BCUT2D eigenvalue weighted by Gasteiger charge is 2.42. The minimum absolute atomic E-state index is 0.235. The minimum atomic E-state index is -1.04. The van der Waals surface area contributed by atoms with E-state index < -0.39 is 5.54 Å². The van der Waals surface area contributed by atoms with E-state index in [1.165, 1.54) is 0 Å². The summed E-state index contributed by atoms with van der Waals surface area (Å²) in [5, 5.41) is 4.17. The number of esters is 1. The van der Waals surface area contributed by atoms with E-state index in [0.717, 1.165) is 35.6 Å². The topological polar surface area (TPSA) is 56.8 Å². The van der Waals surface area contributed by atoms with E-state index in [2.05, 4.69) is 5.32 Å². The molecule has 0 aromatic heterocycles. The molecule has 3 rings (SSSR count). The molecule has 0 aliphatic carbocycles. The van der Waals surface area contributed by atoms with Crippen molar-refractivity contribution >= 4 is 23.3 Å². The van der Waals surface area contributed by atoms with Gasteiger partial charge in [-0.05, 0) is 87.2 Å². The normalized spacial score (nSPS) is 12.6. The average Bonchev–Trinajstić information content (AvgIpc) is 2.84. The van der Waals surface area contributed by atoms with Crippen LogP contribution in [0.5, 0.6) is 11.5 Å². The van der Waals surface area contributed by atoms with Crippen molar-refractivity contribution in [1.82, 2.24) is 0 Å². The van der Waals surface area contributed by atoms with E-state index >= 15 is 0 Å². The first kappa shape index (κ1) is 25.4. The van der Waals surface area contributed by atoms with Gasteiger partial charge in [0.15, 0.2) is 5.54 Å². The van der Waals surface area contributed by atoms with Gasteiger partial charge >= 0.3 is 5.97 Å². The summed E-state index contributed by atoms with van der Waals surface area (Å²) in [4.78, 5) is 13.6. The summed E-state index contributed by atoms with van der Waals surface area (Å²) in [5.41, 5.74) is 0.623. The molecule has 0 bridgehead atoms. The number of benzene rings is 3. The molecule has 1 N–H and O–H groups in total. The van der Waals surface area contributed by atoms with Crippen molar-refractivity contribution in [3.8, 4) is 11.5 Å². The molecule has 0 aliphatic heterocycles. The molecule has 34 heavy (non-hydrogen) atoms. The third-order valence-electron chi connectivity index (χ3n) is 5.43. The zero-order valence-electron chi connectivity index (χ0n) is 19.9. The van der Waals surface area contributed by atoms with Crippen molar-refractivity contribution in [3.05, 3.63) is 89.4 Å². The van der Waals surface area contributed by atoms with Crippen molar-refractivity contribution in [1.29, 1.82) is 0 Å². The molecule has 0 spiro atoms. The van der Waals surface area contributed by atoms with Crippen LogP contribution < -0.4 is 14.8 Å². The summed E-state index contributed by atoms with van der Waals surface area (Å²) >= 11 is 5.94. The van der Waals surface area contributed by atoms with Gasteiger partial charge in [0.05, 0.1) is 19.8 Å². The smallest absolute Gasteiger partial charge is 0.336 e. The molecule has 0 saturated heterocycles. The number of anilines is 1. The number of rotatable bonds is 12. The third-order valence-corrected chi connectivity index (χ3v) is 5.69. The quantitative estimate of drug-likeness (QED) is 0.226. The molecular formula is C28H32ClNO4. The van der Waals surface area contributed by atoms with Gasteiger partial charge in [-0.3, -0.25) is 0 Å². The van der Waals surface area contributed by atoms with Crippen molar-refractivity contribution in [3.63, 3.8) is 0 Å². The largest absolute Gasteiger partial charge is 0.497 e. The Hall–Kier alpha value is -3.18. The Morgan fingerprint density at radius 2 is 1.56 bits per heavy atom. The van der Waals surface area contributed by atoms with Crippen molar-refractivity contribution in [2.45, 2.75) is 44.8 Å². The predicted octanol–water partition coefficient (Wildman–Crippen LogP) is 6.86. The number of hydrogen-bond acceptors (Lipinski definition) is 5. The monoisotopic (exact) mass is 481 g/mol. The molecule has 0 radical (unpaired) electrons. The summed E-state index contributed by atoms with van der Waals surface area (Å²) in [6.07, 6.45) is 1.83. The van der Waals surface area contributed by atoms with Crippen LogP contribution in [0.4, 0.5) is 5.69 Å². The molecule has 3 aromatic carbocycles. The van der Waals surface area contributed by atoms with Crippen LogP contribution >= 0.6 is 11.6 Å². The molecule has 3 aromatic rings. The van der Waals surface area contributed by atoms with E-state index in [0.29, 0.717) is 18.1 Å². The molecule has 0 saturated carbocycles. The Balaban J connectivity index is 1.80. The number of hydrogen-bond donors (Lipinski definition) is 1. The highest BCUT2D eigenvalue weighted by molar-refractivity contribution is 6.30. The first-order chi connectivity index (χ1) is 16.4. The minimum Gasteiger partial charge on any atom is -0.497 e. The van der Waals surface area contributed by atoms with Gasteiger partial charge < -0.3 is 19.5 Å². The average molecular weight is 482 g/mol. The number of nitrogens with one attached hydrogen (secondary N) is 1. The van der Waals surface area contributed by atoms with Gasteiger partial charge in [-0.1, -0.05) is 41.9 Å². The second-order valence-corrected chi connectivity index (χ2v) is 8.77. The molecule has 1 atom stereocenters. The molecule has 6 heteroatoms. The van der Waals surface area contributed by atoms with Crippen LogP contribution in [0.25, 0.3) is 0 Å². The second kappa shape index (κ2) is 12.3. The Kier molecular flexibility index (Phi) is 9.23. The van der Waals surface area contributed by atoms with Crippen LogP contribution in [0.3, 0.4) is 0 Å². The van der Waals surface area contributed by atoms with Gasteiger partial charge in [0.1, 0.15) is 11.5 Å². The van der Waals surface area contributed by atoms with Gasteiger partial charge in [-0.15, -0.1) is 0 Å². The summed E-state index contributed by atoms with van der Waals surface area (Å²) in [7, 11) is 1.63. The van der Waals surface area contributed by atoms with Crippen LogP contribution in [0.15, 0.2) is 78.9 Å². The standard InChI is InChI=1S/C28H32ClNO4/c1-21(2)34-27(31)28(22-9-5-4-6-10-22,30-24-13-17-25(32-3)18-14-24)19-7-8-20-33-26-15-11-23(29)12-16-26/h4-6,9-18,21,30H,7-8,19-20H2,1-3H3/t28-/m0/s1. The molecule has 5 nitrogen and oxygen atoms in total. The Labute approximate surface area is 207 Å². The maximum Gasteiger partial charge on any atom is 0.336 e. The van der Waals surface area contributed by atoms with E-state index in [4.69, 9.17) is 25.8 Å². The number of halogens is 1. The summed E-state index contributed by atoms with van der Waals surface area (Å²) in [5.74, 6) is 1.22. The Morgan fingerprint density at radius 3 is 2.18 bits per heavy atom. The fraction of sp³-hybridized carbons (Fsp3) is 0.321. The van der Waals surface area contributed by atoms with Crippen LogP contribution in [0, 0.1) is 0 Å². The van der Waals surface area contributed by atoms with E-state index in [-0.39, 0.29) is 12.1 Å². The first-order valence-electron chi connectivity index (χ1n) is 11.5. The van der Waals surface area contributed by atoms with Crippen LogP contribution in [0.1, 0.15) is 38.7 Å². The molecule has 0 amide bonds. The van der Waals surface area contributed by atoms with Gasteiger partial charge in [0.25, 0.3) is 0 Å². The number of carbonyl (C=O) groups excluding carboxylic acids is 1. The fourth-order valence-electron chi connectivity index (χ4n) is 3.72. The van der Waals surface area contributed by atoms with Gasteiger partial charge in [0, 0.05) is 10.7 Å². The lowest BCUT2D eigenvalue weighted by atomic mass is 9.84. The van der Waals surface area contributed by atoms with Crippen LogP contribution in [-0.4, -0.2) is 25.8 Å². The summed E-state index contributed by atoms with van der Waals surface area (Å²) < 4.78 is 16.9. The highest BCUT2D eigenvalue weighted by Crippen LogP contribution is 2.34. The SMILES string of the molecule is COc1ccc(N[C@](CCCCOc2ccc(Cl)cc2)(C(=O)OC(C)C)c2ccccc2)cc1. The number of carbonyl (C=O) groups is 1. The molecule has 0 heterocycles. The maximum absolute atomic E-state index is 13.6. The van der Waals surface area contributed by atoms with Gasteiger partial charge in [-0.2, -0.15) is 0 Å². The van der Waals surface area contributed by atoms with Gasteiger partial charge in [-0.25, -0.2) is 4.79 Å². The highest BCUT2D eigenvalue weighted by atomic mass is 35.5. The van der Waals surface area contributed by atoms with Crippen molar-refractivity contribution < 1.29 is 19.0 Å². The van der Waals surface area contributed by atoms with E-state index in [1.807, 2.05) is 80.6 Å². The summed E-state index contributed by atoms with van der Waals surface area (Å²) in [6, 6.07) is 24.6. The van der Waals surface area contributed by atoms with Crippen molar-refractivity contribution in [2.24, 2.45) is 0 Å². The maximum atomic E-state index is 13.6. The molecule has 180 valence electrons. The van der Waals surface area contributed by atoms with Gasteiger partial charge in [0.2, 0.25) is 0 Å². The lowest BCUT2D eigenvalue weighted by Crippen LogP contribution is -2.45. The van der Waals surface area contributed by atoms with E-state index in [9.17, 15) is 4.79 Å². The predicted molar refractivity (Wildman–Crippen MR) is 137 cm³/mol. The van der Waals surface area contributed by atoms with E-state index in [1.54, 1.807) is 19.2 Å². The third kappa shape index (κ3) is 6.91. The lowest BCUT2D eigenvalue weighted by Gasteiger charge is -2.35. The van der Waals surface area contributed by atoms with Crippen LogP contribution in [-0.2, 0) is 15.1 Å². The zero-order chi connectivity index (χ0) is 24.4. The summed E-state index contributed by atoms with van der Waals surface area (Å²) in [6.45, 7) is 4.26. The Bertz CT molecular complexity index is 1020. The molecular weight excluding hydrogens is 450 g/mol. The molecule has 0 fully saturated rings. The lowest BCUT2D eigenvalue weighted by molar-refractivity contribution is -0.153. The first-order valence-corrected chi connectivity index (χ1v) is 11.9. The Morgan fingerprint density at radius 1 is 0.912 bits per heavy atom. The molecule has 0 unspecified atom stereocenters. The molecule has 0 aliphatic rings. The number of methoxy groups -OCH3 is 1. The number of unbranched alkanes of at least 4 members (excludes halogenated alkanes) is 1. The second-order valence-electron chi connectivity index (χ2n) is 8.34. The zero-order valence-corrected chi connectivity index (χ0v) is 20.7. The number of ether oxygens (including phenoxy) is 3.